The summed E-state index contributed by atoms with van der Waals surface area (Å²) in [5.41, 5.74) is 5.82. The van der Waals surface area contributed by atoms with E-state index in [9.17, 15) is 4.79 Å². The maximum absolute atomic E-state index is 9.68. The lowest BCUT2D eigenvalue weighted by molar-refractivity contribution is 0.192. The molecule has 0 aliphatic heterocycles. The second-order valence-electron chi connectivity index (χ2n) is 0.962. The molecule has 6 N–H and O–H groups in total. The first-order valence-electron chi connectivity index (χ1n) is 1.99. The third kappa shape index (κ3) is 6.50. The van der Waals surface area contributed by atoms with Crippen LogP contribution in [0.4, 0.5) is 4.79 Å². The Morgan fingerprint density at radius 1 is 1.78 bits per heavy atom. The molecule has 0 aromatic rings. The third-order valence-electron chi connectivity index (χ3n) is 0.383. The summed E-state index contributed by atoms with van der Waals surface area (Å²) in [6, 6.07) is 0. The van der Waals surface area contributed by atoms with E-state index in [0.29, 0.717) is 0 Å². The van der Waals surface area contributed by atoms with Gasteiger partial charge in [-0.3, -0.25) is 5.43 Å². The molecule has 7 nitrogen and oxygen atoms in total. The first kappa shape index (κ1) is 7.50. The Hall–Kier alpha value is -1.50. The predicted molar refractivity (Wildman–Crippen MR) is 30.1 cm³/mol. The summed E-state index contributed by atoms with van der Waals surface area (Å²) in [4.78, 5) is 9.68. The minimum absolute atomic E-state index is 1.05. The Kier molecular flexibility index (Phi) is 3.88. The summed E-state index contributed by atoms with van der Waals surface area (Å²) >= 11 is 0. The van der Waals surface area contributed by atoms with Crippen LogP contribution >= 0.6 is 0 Å². The molecule has 0 rings (SSSR count). The quantitative estimate of drug-likeness (QED) is 0.134. The number of hydrazone groups is 1. The van der Waals surface area contributed by atoms with Crippen molar-refractivity contribution in [3.05, 3.63) is 0 Å². The van der Waals surface area contributed by atoms with E-state index in [-0.39, 0.29) is 0 Å². The topological polar surface area (TPSA) is 112 Å². The Balaban J connectivity index is 3.09. The van der Waals surface area contributed by atoms with E-state index in [1.54, 1.807) is 5.43 Å². The number of rotatable bonds is 3. The SMILES string of the molecule is NNN=CNNC(=O)O. The molecule has 7 heteroatoms. The van der Waals surface area contributed by atoms with Crippen molar-refractivity contribution in [3.63, 3.8) is 0 Å². The number of nitrogens with one attached hydrogen (secondary N) is 3. The smallest absolute Gasteiger partial charge is 0.423 e. The molecule has 0 atom stereocenters. The fraction of sp³-hybridized carbons (Fsp3) is 0. The molecule has 0 aromatic heterocycles. The van der Waals surface area contributed by atoms with Crippen LogP contribution in [0, 0.1) is 0 Å². The number of hydrogen-bond donors (Lipinski definition) is 5. The Bertz CT molecular complexity index is 112. The first-order chi connectivity index (χ1) is 4.27. The maximum Gasteiger partial charge on any atom is 0.423 e. The van der Waals surface area contributed by atoms with Crippen LogP contribution in [0.5, 0.6) is 0 Å². The van der Waals surface area contributed by atoms with Gasteiger partial charge < -0.3 is 5.11 Å². The van der Waals surface area contributed by atoms with Crippen LogP contribution < -0.4 is 22.2 Å². The molecule has 0 spiro atoms. The van der Waals surface area contributed by atoms with E-state index in [4.69, 9.17) is 5.11 Å². The molecule has 0 bridgehead atoms. The molecule has 0 unspecified atom stereocenters. The van der Waals surface area contributed by atoms with Crippen molar-refractivity contribution in [1.82, 2.24) is 16.4 Å². The molecule has 1 amide bonds. The van der Waals surface area contributed by atoms with E-state index < -0.39 is 6.09 Å². The number of hydrogen-bond acceptors (Lipinski definition) is 4. The highest BCUT2D eigenvalue weighted by molar-refractivity contribution is 5.67. The molecule has 0 aliphatic carbocycles. The van der Waals surface area contributed by atoms with E-state index >= 15 is 0 Å². The van der Waals surface area contributed by atoms with Crippen LogP contribution in [0.15, 0.2) is 5.10 Å². The zero-order chi connectivity index (χ0) is 7.11. The fourth-order valence-corrected chi connectivity index (χ4v) is 0.164. The van der Waals surface area contributed by atoms with Crippen molar-refractivity contribution in [3.8, 4) is 0 Å². The molecule has 9 heavy (non-hydrogen) atoms. The summed E-state index contributed by atoms with van der Waals surface area (Å²) in [6.07, 6.45) is -0.146. The van der Waals surface area contributed by atoms with Gasteiger partial charge in [0.15, 0.2) is 0 Å². The van der Waals surface area contributed by atoms with Crippen molar-refractivity contribution in [1.29, 1.82) is 0 Å². The highest BCUT2D eigenvalue weighted by Crippen LogP contribution is 1.49. The summed E-state index contributed by atoms with van der Waals surface area (Å²) in [7, 11) is 0. The third-order valence-corrected chi connectivity index (χ3v) is 0.383. The van der Waals surface area contributed by atoms with Crippen molar-refractivity contribution in [2.24, 2.45) is 10.9 Å². The molecule has 0 aliphatic rings. The molecule has 52 valence electrons. The Labute approximate surface area is 50.9 Å². The number of nitrogens with two attached hydrogens (primary N) is 1. The van der Waals surface area contributed by atoms with Gasteiger partial charge in [0.25, 0.3) is 0 Å². The molecule has 0 fully saturated rings. The van der Waals surface area contributed by atoms with Gasteiger partial charge >= 0.3 is 6.09 Å². The first-order valence-corrected chi connectivity index (χ1v) is 1.99. The molecule has 0 saturated heterocycles. The largest absolute Gasteiger partial charge is 0.464 e. The average molecular weight is 133 g/mol. The van der Waals surface area contributed by atoms with Gasteiger partial charge in [0, 0.05) is 0 Å². The van der Waals surface area contributed by atoms with E-state index in [2.05, 4.69) is 16.4 Å². The van der Waals surface area contributed by atoms with Gasteiger partial charge in [0.05, 0.1) is 0 Å². The van der Waals surface area contributed by atoms with Crippen molar-refractivity contribution >= 4 is 12.4 Å². The van der Waals surface area contributed by atoms with Crippen LogP contribution in [0.3, 0.4) is 0 Å². The van der Waals surface area contributed by atoms with Crippen molar-refractivity contribution in [2.75, 3.05) is 0 Å². The molecule has 0 heterocycles. The van der Waals surface area contributed by atoms with Crippen LogP contribution in [0.2, 0.25) is 0 Å². The lowest BCUT2D eigenvalue weighted by Gasteiger charge is -1.94. The monoisotopic (exact) mass is 133 g/mol. The van der Waals surface area contributed by atoms with Gasteiger partial charge in [-0.2, -0.15) is 5.10 Å². The van der Waals surface area contributed by atoms with E-state index in [1.807, 2.05) is 5.53 Å². The minimum atomic E-state index is -1.20. The second-order valence-corrected chi connectivity index (χ2v) is 0.962. The Morgan fingerprint density at radius 3 is 2.89 bits per heavy atom. The molecular formula is C2H7N5O2. The average Bonchev–Trinajstić information content (AvgIpc) is 1.80. The van der Waals surface area contributed by atoms with Gasteiger partial charge in [-0.1, -0.05) is 0 Å². The zero-order valence-corrected chi connectivity index (χ0v) is 4.46. The zero-order valence-electron chi connectivity index (χ0n) is 4.46. The predicted octanol–water partition coefficient (Wildman–Crippen LogP) is -1.83. The highest BCUT2D eigenvalue weighted by Gasteiger charge is 1.84. The van der Waals surface area contributed by atoms with Crippen molar-refractivity contribution in [2.45, 2.75) is 0 Å². The van der Waals surface area contributed by atoms with Crippen LogP contribution in [0.25, 0.3) is 0 Å². The van der Waals surface area contributed by atoms with Crippen LogP contribution in [0.1, 0.15) is 0 Å². The van der Waals surface area contributed by atoms with Gasteiger partial charge in [-0.25, -0.2) is 21.6 Å². The van der Waals surface area contributed by atoms with E-state index in [1.165, 1.54) is 0 Å². The number of amides is 1. The molecule has 0 aromatic carbocycles. The standard InChI is InChI=1S/C2H7N5O2/c3-7-5-1-4-6-2(8)9/h1,6-7H,3H2,(H,4,5)(H,8,9). The lowest BCUT2D eigenvalue weighted by atomic mass is 11.2. The fourth-order valence-electron chi connectivity index (χ4n) is 0.164. The van der Waals surface area contributed by atoms with Crippen LogP contribution in [-0.4, -0.2) is 17.5 Å². The van der Waals surface area contributed by atoms with Gasteiger partial charge in [0.1, 0.15) is 6.34 Å². The highest BCUT2D eigenvalue weighted by atomic mass is 16.4. The molecule has 0 radical (unpaired) electrons. The summed E-state index contributed by atoms with van der Waals surface area (Å²) in [6.45, 7) is 0. The summed E-state index contributed by atoms with van der Waals surface area (Å²) < 4.78 is 0. The summed E-state index contributed by atoms with van der Waals surface area (Å²) in [5, 5.41) is 11.1. The number of carbonyl (C=O) groups is 1. The van der Waals surface area contributed by atoms with Crippen LogP contribution in [-0.2, 0) is 0 Å². The van der Waals surface area contributed by atoms with Crippen molar-refractivity contribution < 1.29 is 9.90 Å². The lowest BCUT2D eigenvalue weighted by Crippen LogP contribution is -2.35. The normalized spacial score (nSPS) is 9.00. The number of hydrazine groups is 2. The van der Waals surface area contributed by atoms with Gasteiger partial charge in [-0.05, 0) is 0 Å². The minimum Gasteiger partial charge on any atom is -0.464 e. The van der Waals surface area contributed by atoms with Gasteiger partial charge in [0.2, 0.25) is 0 Å². The van der Waals surface area contributed by atoms with Gasteiger partial charge in [-0.15, -0.1) is 0 Å². The van der Waals surface area contributed by atoms with E-state index in [0.717, 1.165) is 6.34 Å². The molecular weight excluding hydrogens is 126 g/mol. The second kappa shape index (κ2) is 4.65. The summed E-state index contributed by atoms with van der Waals surface area (Å²) in [5.74, 6) is 4.68. The number of nitrogens with zero attached hydrogens (tertiary/aromatic N) is 1. The maximum atomic E-state index is 9.68. The number of carboxylic acid groups (broad SMARTS) is 1. The molecule has 0 saturated carbocycles. The Morgan fingerprint density at radius 2 is 2.44 bits per heavy atom.